The van der Waals surface area contributed by atoms with Crippen molar-refractivity contribution in [3.05, 3.63) is 77.4 Å². The van der Waals surface area contributed by atoms with E-state index in [1.165, 1.54) is 52.0 Å². The molecule has 5 nitrogen and oxygen atoms in total. The number of hydrogen-bond donors (Lipinski definition) is 0. The second kappa shape index (κ2) is 7.81. The zero-order valence-corrected chi connectivity index (χ0v) is 18.0. The predicted octanol–water partition coefficient (Wildman–Crippen LogP) is 4.74. The average molecular weight is 460 g/mol. The van der Waals surface area contributed by atoms with E-state index in [1.54, 1.807) is 12.1 Å². The first-order valence-electron chi connectivity index (χ1n) is 9.91. The highest BCUT2D eigenvalue weighted by atomic mass is 32.2. The van der Waals surface area contributed by atoms with Gasteiger partial charge in [0.1, 0.15) is 11.6 Å². The van der Waals surface area contributed by atoms with Crippen LogP contribution in [-0.2, 0) is 16.4 Å². The molecule has 0 unspecified atom stereocenters. The van der Waals surface area contributed by atoms with Gasteiger partial charge in [0.05, 0.1) is 10.6 Å². The van der Waals surface area contributed by atoms with Crippen LogP contribution in [0.5, 0.6) is 0 Å². The summed E-state index contributed by atoms with van der Waals surface area (Å²) in [7, 11) is -3.69. The molecule has 1 aliphatic rings. The largest absolute Gasteiger partial charge is 0.294 e. The summed E-state index contributed by atoms with van der Waals surface area (Å²) in [6.07, 6.45) is 4.08. The van der Waals surface area contributed by atoms with Gasteiger partial charge in [0, 0.05) is 41.8 Å². The zero-order chi connectivity index (χ0) is 21.6. The molecule has 2 aromatic carbocycles. The molecule has 0 saturated heterocycles. The van der Waals surface area contributed by atoms with Gasteiger partial charge in [-0.2, -0.15) is 4.31 Å². The zero-order valence-electron chi connectivity index (χ0n) is 16.4. The Morgan fingerprint density at radius 1 is 1.03 bits per heavy atom. The highest BCUT2D eigenvalue weighted by Gasteiger charge is 2.37. The lowest BCUT2D eigenvalue weighted by atomic mass is 10.2. The number of halogens is 2. The normalized spacial score (nSPS) is 14.5. The van der Waals surface area contributed by atoms with Gasteiger partial charge >= 0.3 is 0 Å². The summed E-state index contributed by atoms with van der Waals surface area (Å²) in [6.45, 7) is 0.334. The van der Waals surface area contributed by atoms with Gasteiger partial charge < -0.3 is 0 Å². The SMILES string of the molecule is O=S(=O)(c1ccc(F)cc1)N(CCc1csc2nc(-c3ccc(F)cc3)cn12)C1CC1. The third kappa shape index (κ3) is 4.00. The molecule has 5 rings (SSSR count). The first kappa shape index (κ1) is 20.3. The van der Waals surface area contributed by atoms with Gasteiger partial charge in [-0.3, -0.25) is 4.40 Å². The van der Waals surface area contributed by atoms with E-state index in [-0.39, 0.29) is 16.8 Å². The Balaban J connectivity index is 1.39. The van der Waals surface area contributed by atoms with Crippen LogP contribution in [0.25, 0.3) is 16.2 Å². The van der Waals surface area contributed by atoms with Crippen molar-refractivity contribution < 1.29 is 17.2 Å². The molecule has 2 heterocycles. The van der Waals surface area contributed by atoms with Crippen LogP contribution in [0, 0.1) is 11.6 Å². The molecule has 0 atom stereocenters. The van der Waals surface area contributed by atoms with E-state index < -0.39 is 15.8 Å². The summed E-state index contributed by atoms with van der Waals surface area (Å²) in [5.41, 5.74) is 2.52. The number of aromatic nitrogens is 2. The van der Waals surface area contributed by atoms with Crippen LogP contribution in [-0.4, -0.2) is 34.7 Å². The lowest BCUT2D eigenvalue weighted by molar-refractivity contribution is 0.405. The highest BCUT2D eigenvalue weighted by Crippen LogP contribution is 2.33. The van der Waals surface area contributed by atoms with Crippen LogP contribution >= 0.6 is 11.3 Å². The van der Waals surface area contributed by atoms with Crippen LogP contribution < -0.4 is 0 Å². The number of rotatable bonds is 7. The van der Waals surface area contributed by atoms with E-state index in [9.17, 15) is 17.2 Å². The number of hydrogen-bond acceptors (Lipinski definition) is 4. The topological polar surface area (TPSA) is 54.7 Å². The Labute approximate surface area is 182 Å². The molecule has 0 N–H and O–H groups in total. The van der Waals surface area contributed by atoms with Crippen LogP contribution in [0.1, 0.15) is 18.5 Å². The van der Waals surface area contributed by atoms with Crippen molar-refractivity contribution >= 4 is 26.3 Å². The predicted molar refractivity (Wildman–Crippen MR) is 115 cm³/mol. The maximum atomic E-state index is 13.2. The van der Waals surface area contributed by atoms with Crippen LogP contribution in [0.2, 0.25) is 0 Å². The molecule has 160 valence electrons. The minimum atomic E-state index is -3.69. The summed E-state index contributed by atoms with van der Waals surface area (Å²) in [5, 5.41) is 1.98. The smallest absolute Gasteiger partial charge is 0.243 e. The average Bonchev–Trinajstić information content (AvgIpc) is 3.38. The Hall–Kier alpha value is -2.62. The van der Waals surface area contributed by atoms with E-state index >= 15 is 0 Å². The standard InChI is InChI=1S/C22H19F2N3O2S2/c23-16-3-1-15(2-4-16)21-13-26-19(14-30-22(26)25-21)11-12-27(18-7-8-18)31(28,29)20-9-5-17(24)6-10-20/h1-6,9-10,13-14,18H,7-8,11-12H2. The number of benzene rings is 2. The third-order valence-corrected chi connectivity index (χ3v) is 8.24. The molecule has 0 bridgehead atoms. The van der Waals surface area contributed by atoms with E-state index in [1.807, 2.05) is 16.0 Å². The first-order valence-corrected chi connectivity index (χ1v) is 12.2. The highest BCUT2D eigenvalue weighted by molar-refractivity contribution is 7.89. The first-order chi connectivity index (χ1) is 14.9. The molecule has 1 aliphatic carbocycles. The summed E-state index contributed by atoms with van der Waals surface area (Å²) in [5.74, 6) is -0.761. The van der Waals surface area contributed by atoms with Crippen molar-refractivity contribution in [2.75, 3.05) is 6.54 Å². The monoisotopic (exact) mass is 459 g/mol. The maximum absolute atomic E-state index is 13.2. The molecule has 31 heavy (non-hydrogen) atoms. The minimum Gasteiger partial charge on any atom is -0.294 e. The molecule has 0 amide bonds. The fourth-order valence-corrected chi connectivity index (χ4v) is 6.19. The number of fused-ring (bicyclic) bond motifs is 1. The van der Waals surface area contributed by atoms with E-state index in [4.69, 9.17) is 0 Å². The molecule has 2 aromatic heterocycles. The van der Waals surface area contributed by atoms with Gasteiger partial charge in [-0.05, 0) is 61.4 Å². The van der Waals surface area contributed by atoms with E-state index in [2.05, 4.69) is 4.98 Å². The summed E-state index contributed by atoms with van der Waals surface area (Å²) >= 11 is 1.48. The maximum Gasteiger partial charge on any atom is 0.243 e. The summed E-state index contributed by atoms with van der Waals surface area (Å²) < 4.78 is 56.2. The number of sulfonamides is 1. The van der Waals surface area contributed by atoms with Crippen molar-refractivity contribution in [2.45, 2.75) is 30.2 Å². The van der Waals surface area contributed by atoms with Gasteiger partial charge in [-0.25, -0.2) is 22.2 Å². The number of thiazole rings is 1. The Morgan fingerprint density at radius 2 is 1.68 bits per heavy atom. The van der Waals surface area contributed by atoms with Gasteiger partial charge in [0.2, 0.25) is 10.0 Å². The second-order valence-electron chi connectivity index (χ2n) is 7.56. The van der Waals surface area contributed by atoms with Gasteiger partial charge in [-0.1, -0.05) is 0 Å². The van der Waals surface area contributed by atoms with Gasteiger partial charge in [-0.15, -0.1) is 11.3 Å². The van der Waals surface area contributed by atoms with E-state index in [0.717, 1.165) is 34.8 Å². The second-order valence-corrected chi connectivity index (χ2v) is 10.3. The fourth-order valence-electron chi connectivity index (χ4n) is 3.60. The van der Waals surface area contributed by atoms with Crippen LogP contribution in [0.4, 0.5) is 8.78 Å². The van der Waals surface area contributed by atoms with E-state index in [0.29, 0.717) is 13.0 Å². The Bertz CT molecular complexity index is 1330. The summed E-state index contributed by atoms with van der Waals surface area (Å²) in [6, 6.07) is 11.1. The minimum absolute atomic E-state index is 0.0123. The molecular weight excluding hydrogens is 440 g/mol. The molecule has 4 aromatic rings. The Kier molecular flexibility index (Phi) is 5.11. The molecule has 9 heteroatoms. The van der Waals surface area contributed by atoms with Crippen molar-refractivity contribution in [1.29, 1.82) is 0 Å². The van der Waals surface area contributed by atoms with Crippen molar-refractivity contribution in [3.63, 3.8) is 0 Å². The number of nitrogens with zero attached hydrogens (tertiary/aromatic N) is 3. The van der Waals surface area contributed by atoms with Gasteiger partial charge in [0.15, 0.2) is 4.96 Å². The van der Waals surface area contributed by atoms with Crippen LogP contribution in [0.15, 0.2) is 65.0 Å². The molecule has 1 fully saturated rings. The quantitative estimate of drug-likeness (QED) is 0.401. The summed E-state index contributed by atoms with van der Waals surface area (Å²) in [4.78, 5) is 5.51. The third-order valence-electron chi connectivity index (χ3n) is 5.39. The Morgan fingerprint density at radius 3 is 2.32 bits per heavy atom. The molecule has 0 radical (unpaired) electrons. The fraction of sp³-hybridized carbons (Fsp3) is 0.227. The number of imidazole rings is 1. The molecule has 1 saturated carbocycles. The van der Waals surface area contributed by atoms with Gasteiger partial charge in [0.25, 0.3) is 0 Å². The molecular formula is C22H19F2N3O2S2. The van der Waals surface area contributed by atoms with Crippen molar-refractivity contribution in [3.8, 4) is 11.3 Å². The molecule has 0 spiro atoms. The van der Waals surface area contributed by atoms with Crippen molar-refractivity contribution in [2.24, 2.45) is 0 Å². The van der Waals surface area contributed by atoms with Crippen LogP contribution in [0.3, 0.4) is 0 Å². The lowest BCUT2D eigenvalue weighted by Gasteiger charge is -2.21. The van der Waals surface area contributed by atoms with Crippen molar-refractivity contribution in [1.82, 2.24) is 13.7 Å². The lowest BCUT2D eigenvalue weighted by Crippen LogP contribution is -2.35. The molecule has 0 aliphatic heterocycles.